The molecule has 0 unspecified atom stereocenters. The molecule has 3 rings (SSSR count). The van der Waals surface area contributed by atoms with E-state index in [1.165, 1.54) is 6.07 Å². The van der Waals surface area contributed by atoms with Gasteiger partial charge >= 0.3 is 6.61 Å². The lowest BCUT2D eigenvalue weighted by Gasteiger charge is -2.15. The summed E-state index contributed by atoms with van der Waals surface area (Å²) in [4.78, 5) is 4.17. The van der Waals surface area contributed by atoms with E-state index in [1.54, 1.807) is 36.1 Å². The van der Waals surface area contributed by atoms with Gasteiger partial charge in [0, 0.05) is 38.1 Å². The van der Waals surface area contributed by atoms with Gasteiger partial charge in [-0.05, 0) is 29.8 Å². The van der Waals surface area contributed by atoms with Crippen molar-refractivity contribution in [2.45, 2.75) is 19.7 Å². The number of para-hydroxylation sites is 1. The minimum atomic E-state index is -2.86. The highest BCUT2D eigenvalue weighted by atomic mass is 127. The first-order valence-electron chi connectivity index (χ1n) is 8.72. The smallest absolute Gasteiger partial charge is 0.387 e. The summed E-state index contributed by atoms with van der Waals surface area (Å²) in [6.07, 6.45) is 3.61. The van der Waals surface area contributed by atoms with Gasteiger partial charge in [0.15, 0.2) is 5.96 Å². The molecule has 0 radical (unpaired) electrons. The van der Waals surface area contributed by atoms with Gasteiger partial charge in [-0.1, -0.05) is 30.3 Å². The number of guanidine groups is 1. The maximum atomic E-state index is 12.5. The molecule has 1 heterocycles. The zero-order valence-corrected chi connectivity index (χ0v) is 18.1. The highest BCUT2D eigenvalue weighted by molar-refractivity contribution is 14.0. The summed E-state index contributed by atoms with van der Waals surface area (Å²) in [7, 11) is 1.65. The number of nitrogens with one attached hydrogen (secondary N) is 2. The monoisotopic (exact) mass is 513 g/mol. The van der Waals surface area contributed by atoms with Gasteiger partial charge in [0.25, 0.3) is 0 Å². The Kier molecular flexibility index (Phi) is 8.84. The second-order valence-corrected chi connectivity index (χ2v) is 5.89. The van der Waals surface area contributed by atoms with Gasteiger partial charge in [-0.25, -0.2) is 4.68 Å². The average Bonchev–Trinajstić information content (AvgIpc) is 3.24. The molecule has 6 nitrogen and oxygen atoms in total. The highest BCUT2D eigenvalue weighted by Gasteiger charge is 2.09. The van der Waals surface area contributed by atoms with Gasteiger partial charge in [-0.3, -0.25) is 4.99 Å². The topological polar surface area (TPSA) is 63.5 Å². The van der Waals surface area contributed by atoms with Gasteiger partial charge < -0.3 is 15.4 Å². The van der Waals surface area contributed by atoms with E-state index in [2.05, 4.69) is 25.5 Å². The summed E-state index contributed by atoms with van der Waals surface area (Å²) in [5.41, 5.74) is 2.63. The third kappa shape index (κ3) is 6.70. The van der Waals surface area contributed by atoms with Gasteiger partial charge in [-0.2, -0.15) is 13.9 Å². The minimum absolute atomic E-state index is 0. The van der Waals surface area contributed by atoms with E-state index in [0.29, 0.717) is 24.6 Å². The van der Waals surface area contributed by atoms with Crippen LogP contribution in [0.25, 0.3) is 5.69 Å². The summed E-state index contributed by atoms with van der Waals surface area (Å²) in [6, 6.07) is 16.5. The van der Waals surface area contributed by atoms with Crippen LogP contribution in [0.2, 0.25) is 0 Å². The predicted molar refractivity (Wildman–Crippen MR) is 119 cm³/mol. The number of aliphatic imine (C=N–C) groups is 1. The summed E-state index contributed by atoms with van der Waals surface area (Å²) in [5, 5.41) is 10.5. The molecule has 0 spiro atoms. The van der Waals surface area contributed by atoms with Crippen LogP contribution in [0.15, 0.2) is 72.0 Å². The fraction of sp³-hybridized carbons (Fsp3) is 0.200. The van der Waals surface area contributed by atoms with Crippen molar-refractivity contribution in [3.8, 4) is 11.4 Å². The number of alkyl halides is 2. The van der Waals surface area contributed by atoms with Gasteiger partial charge in [-0.15, -0.1) is 24.0 Å². The number of nitrogens with zero attached hydrogens (tertiary/aromatic N) is 3. The first kappa shape index (κ1) is 22.6. The summed E-state index contributed by atoms with van der Waals surface area (Å²) < 4.78 is 31.4. The summed E-state index contributed by atoms with van der Waals surface area (Å²) in [6.45, 7) is -2.01. The standard InChI is InChI=1S/C20H21F2N5O.HI/c1-23-20(25-14-16-7-2-3-9-18(16)28-19(21)22)24-13-15-6-4-8-17(12-15)27-11-5-10-26-27;/h2-12,19H,13-14H2,1H3,(H2,23,24,25);1H. The SMILES string of the molecule is CN=C(NCc1cccc(-n2cccn2)c1)NCc1ccccc1OC(F)F.I. The van der Waals surface area contributed by atoms with Crippen LogP contribution < -0.4 is 15.4 Å². The van der Waals surface area contributed by atoms with Gasteiger partial charge in [0.1, 0.15) is 5.75 Å². The Morgan fingerprint density at radius 2 is 1.90 bits per heavy atom. The van der Waals surface area contributed by atoms with Crippen LogP contribution in [0.1, 0.15) is 11.1 Å². The molecule has 0 aliphatic carbocycles. The Labute approximate surface area is 185 Å². The third-order valence-electron chi connectivity index (χ3n) is 4.00. The molecule has 0 amide bonds. The predicted octanol–water partition coefficient (Wildman–Crippen LogP) is 3.96. The number of benzene rings is 2. The molecule has 9 heteroatoms. The van der Waals surface area contributed by atoms with Crippen LogP contribution in [-0.4, -0.2) is 29.4 Å². The van der Waals surface area contributed by atoms with Crippen LogP contribution in [0.5, 0.6) is 5.75 Å². The van der Waals surface area contributed by atoms with Crippen molar-refractivity contribution >= 4 is 29.9 Å². The van der Waals surface area contributed by atoms with E-state index in [-0.39, 0.29) is 29.7 Å². The van der Waals surface area contributed by atoms with E-state index < -0.39 is 6.61 Å². The molecule has 3 aromatic rings. The number of halogens is 3. The maximum absolute atomic E-state index is 12.5. The Morgan fingerprint density at radius 3 is 2.62 bits per heavy atom. The molecule has 29 heavy (non-hydrogen) atoms. The Morgan fingerprint density at radius 1 is 1.10 bits per heavy atom. The molecular formula is C20H22F2IN5O. The molecule has 0 atom stereocenters. The van der Waals surface area contributed by atoms with Gasteiger partial charge in [0.2, 0.25) is 0 Å². The zero-order valence-electron chi connectivity index (χ0n) is 15.8. The molecule has 0 fully saturated rings. The lowest BCUT2D eigenvalue weighted by atomic mass is 10.2. The van der Waals surface area contributed by atoms with E-state index in [4.69, 9.17) is 0 Å². The van der Waals surface area contributed by atoms with Crippen LogP contribution in [0.3, 0.4) is 0 Å². The fourth-order valence-corrected chi connectivity index (χ4v) is 2.68. The van der Waals surface area contributed by atoms with E-state index in [0.717, 1.165) is 11.3 Å². The van der Waals surface area contributed by atoms with Crippen molar-refractivity contribution in [3.63, 3.8) is 0 Å². The fourth-order valence-electron chi connectivity index (χ4n) is 2.68. The second kappa shape index (κ2) is 11.3. The molecule has 0 saturated heterocycles. The highest BCUT2D eigenvalue weighted by Crippen LogP contribution is 2.19. The first-order valence-corrected chi connectivity index (χ1v) is 8.72. The molecule has 1 aromatic heterocycles. The van der Waals surface area contributed by atoms with Crippen molar-refractivity contribution < 1.29 is 13.5 Å². The molecule has 154 valence electrons. The molecule has 0 aliphatic heterocycles. The zero-order chi connectivity index (χ0) is 19.8. The Hall–Kier alpha value is -2.69. The molecule has 2 N–H and O–H groups in total. The number of rotatable bonds is 7. The number of hydrogen-bond acceptors (Lipinski definition) is 3. The average molecular weight is 513 g/mol. The van der Waals surface area contributed by atoms with E-state index in [1.807, 2.05) is 36.5 Å². The normalized spacial score (nSPS) is 11.1. The molecular weight excluding hydrogens is 491 g/mol. The molecule has 0 aliphatic rings. The first-order chi connectivity index (χ1) is 13.7. The summed E-state index contributed by atoms with van der Waals surface area (Å²) in [5.74, 6) is 0.698. The molecule has 2 aromatic carbocycles. The van der Waals surface area contributed by atoms with Gasteiger partial charge in [0.05, 0.1) is 5.69 Å². The lowest BCUT2D eigenvalue weighted by Crippen LogP contribution is -2.36. The van der Waals surface area contributed by atoms with E-state index in [9.17, 15) is 8.78 Å². The molecule has 0 bridgehead atoms. The minimum Gasteiger partial charge on any atom is -0.434 e. The van der Waals surface area contributed by atoms with Crippen LogP contribution in [0.4, 0.5) is 8.78 Å². The third-order valence-corrected chi connectivity index (χ3v) is 4.00. The van der Waals surface area contributed by atoms with Crippen LogP contribution in [0, 0.1) is 0 Å². The quantitative estimate of drug-likeness (QED) is 0.286. The largest absolute Gasteiger partial charge is 0.434 e. The number of aromatic nitrogens is 2. The van der Waals surface area contributed by atoms with Crippen molar-refractivity contribution in [2.75, 3.05) is 7.05 Å². The summed E-state index contributed by atoms with van der Waals surface area (Å²) >= 11 is 0. The Balaban J connectivity index is 0.00000300. The van der Waals surface area contributed by atoms with Crippen molar-refractivity contribution in [1.82, 2.24) is 20.4 Å². The van der Waals surface area contributed by atoms with Crippen molar-refractivity contribution in [3.05, 3.63) is 78.1 Å². The van der Waals surface area contributed by atoms with Crippen LogP contribution >= 0.6 is 24.0 Å². The maximum Gasteiger partial charge on any atom is 0.387 e. The van der Waals surface area contributed by atoms with Crippen molar-refractivity contribution in [1.29, 1.82) is 0 Å². The van der Waals surface area contributed by atoms with E-state index >= 15 is 0 Å². The molecule has 0 saturated carbocycles. The Bertz CT molecular complexity index is 919. The van der Waals surface area contributed by atoms with Crippen LogP contribution in [-0.2, 0) is 13.1 Å². The second-order valence-electron chi connectivity index (χ2n) is 5.89. The number of ether oxygens (including phenoxy) is 1. The number of hydrogen-bond donors (Lipinski definition) is 2. The lowest BCUT2D eigenvalue weighted by molar-refractivity contribution is -0.0504. The van der Waals surface area contributed by atoms with Crippen molar-refractivity contribution in [2.24, 2.45) is 4.99 Å².